The first-order valence-corrected chi connectivity index (χ1v) is 14.1. The van der Waals surface area contributed by atoms with Crippen LogP contribution in [0, 0.1) is 41.5 Å². The lowest BCUT2D eigenvalue weighted by atomic mass is 9.20. The standard InChI is InChI=1S/C34H30B2Cl2/c1-19-11-21(3)33(22(4)12-19)35-27-15-25-9-7-8-10-26(25)16-28(27)36(30-18-32(38)31(37)17-29(30)35)34-23(5)13-20(2)14-24(34)6/h7-18H,1-6H3. The van der Waals surface area contributed by atoms with Gasteiger partial charge in [-0.15, -0.1) is 0 Å². The molecule has 0 aliphatic carbocycles. The van der Waals surface area contributed by atoms with Gasteiger partial charge in [-0.25, -0.2) is 0 Å². The van der Waals surface area contributed by atoms with E-state index in [1.165, 1.54) is 76.9 Å². The average Bonchev–Trinajstić information content (AvgIpc) is 2.84. The third-order valence-corrected chi connectivity index (χ3v) is 9.10. The van der Waals surface area contributed by atoms with Gasteiger partial charge in [0.2, 0.25) is 13.4 Å². The fraction of sp³-hybridized carbons (Fsp3) is 0.176. The van der Waals surface area contributed by atoms with Crippen molar-refractivity contribution in [3.05, 3.63) is 116 Å². The lowest BCUT2D eigenvalue weighted by Crippen LogP contribution is -2.76. The molecule has 0 amide bonds. The van der Waals surface area contributed by atoms with Crippen LogP contribution in [0.5, 0.6) is 0 Å². The van der Waals surface area contributed by atoms with Crippen molar-refractivity contribution in [2.75, 3.05) is 0 Å². The molecule has 0 saturated heterocycles. The summed E-state index contributed by atoms with van der Waals surface area (Å²) in [6.45, 7) is 13.5. The van der Waals surface area contributed by atoms with Crippen molar-refractivity contribution in [1.29, 1.82) is 0 Å². The second-order valence-electron chi connectivity index (χ2n) is 11.2. The number of rotatable bonds is 2. The second-order valence-corrected chi connectivity index (χ2v) is 12.0. The van der Waals surface area contributed by atoms with Gasteiger partial charge in [-0.1, -0.05) is 150 Å². The second kappa shape index (κ2) is 9.37. The van der Waals surface area contributed by atoms with E-state index >= 15 is 0 Å². The maximum atomic E-state index is 6.77. The number of halogens is 2. The molecular weight excluding hydrogens is 501 g/mol. The Balaban J connectivity index is 1.78. The van der Waals surface area contributed by atoms with Crippen molar-refractivity contribution in [1.82, 2.24) is 0 Å². The van der Waals surface area contributed by atoms with Crippen LogP contribution in [-0.2, 0) is 0 Å². The van der Waals surface area contributed by atoms with Crippen molar-refractivity contribution in [3.63, 3.8) is 0 Å². The molecule has 0 aromatic heterocycles. The maximum Gasteiger partial charge on any atom is 0.240 e. The van der Waals surface area contributed by atoms with Gasteiger partial charge in [-0.05, 0) is 64.4 Å². The van der Waals surface area contributed by atoms with Crippen LogP contribution in [0.1, 0.15) is 33.4 Å². The quantitative estimate of drug-likeness (QED) is 0.265. The molecule has 0 spiro atoms. The summed E-state index contributed by atoms with van der Waals surface area (Å²) in [5, 5.41) is 3.74. The molecule has 4 heteroatoms. The maximum absolute atomic E-state index is 6.77. The van der Waals surface area contributed by atoms with Gasteiger partial charge in [0.25, 0.3) is 0 Å². The molecule has 186 valence electrons. The Labute approximate surface area is 237 Å². The van der Waals surface area contributed by atoms with Crippen molar-refractivity contribution in [3.8, 4) is 0 Å². The van der Waals surface area contributed by atoms with E-state index in [0.717, 1.165) is 0 Å². The molecule has 1 aliphatic rings. The fourth-order valence-corrected chi connectivity index (χ4v) is 7.45. The van der Waals surface area contributed by atoms with Gasteiger partial charge in [-0.3, -0.25) is 0 Å². The highest BCUT2D eigenvalue weighted by atomic mass is 35.5. The summed E-state index contributed by atoms with van der Waals surface area (Å²) < 4.78 is 0. The van der Waals surface area contributed by atoms with E-state index in [4.69, 9.17) is 23.2 Å². The molecule has 1 aliphatic heterocycles. The van der Waals surface area contributed by atoms with Crippen LogP contribution < -0.4 is 32.8 Å². The number of hydrogen-bond acceptors (Lipinski definition) is 0. The van der Waals surface area contributed by atoms with Gasteiger partial charge in [0.05, 0.1) is 10.0 Å². The Hall–Kier alpha value is -2.93. The monoisotopic (exact) mass is 530 g/mol. The number of fused-ring (bicyclic) bond motifs is 3. The van der Waals surface area contributed by atoms with Crippen LogP contribution in [-0.4, -0.2) is 13.4 Å². The molecule has 0 bridgehead atoms. The Kier molecular flexibility index (Phi) is 6.25. The third-order valence-electron chi connectivity index (χ3n) is 8.37. The summed E-state index contributed by atoms with van der Waals surface area (Å²) in [6.07, 6.45) is 0. The highest BCUT2D eigenvalue weighted by molar-refractivity contribution is 7.11. The average molecular weight is 531 g/mol. The van der Waals surface area contributed by atoms with Crippen LogP contribution >= 0.6 is 23.2 Å². The Morgan fingerprint density at radius 3 is 1.11 bits per heavy atom. The summed E-state index contributed by atoms with van der Waals surface area (Å²) in [7, 11) is 0. The van der Waals surface area contributed by atoms with Gasteiger partial charge in [-0.2, -0.15) is 0 Å². The molecule has 0 nitrogen and oxygen atoms in total. The largest absolute Gasteiger partial charge is 0.240 e. The summed E-state index contributed by atoms with van der Waals surface area (Å²) in [5.41, 5.74) is 15.8. The first kappa shape index (κ1) is 25.4. The summed E-state index contributed by atoms with van der Waals surface area (Å²) >= 11 is 13.5. The molecule has 0 radical (unpaired) electrons. The summed E-state index contributed by atoms with van der Waals surface area (Å²) in [6, 6.07) is 27.0. The first-order valence-electron chi connectivity index (χ1n) is 13.3. The normalized spacial score (nSPS) is 12.6. The number of aryl methyl sites for hydroxylation is 6. The van der Waals surface area contributed by atoms with E-state index in [1.54, 1.807) is 0 Å². The SMILES string of the molecule is Cc1cc(C)c(B2c3cc(Cl)c(Cl)cc3B(c3c(C)cc(C)cc3C)c3cc4ccccc4cc32)c(C)c1. The van der Waals surface area contributed by atoms with E-state index in [-0.39, 0.29) is 13.4 Å². The van der Waals surface area contributed by atoms with E-state index in [0.29, 0.717) is 10.0 Å². The zero-order chi connectivity index (χ0) is 26.9. The van der Waals surface area contributed by atoms with E-state index < -0.39 is 0 Å². The van der Waals surface area contributed by atoms with Crippen LogP contribution in [0.2, 0.25) is 10.0 Å². The molecule has 5 aromatic rings. The van der Waals surface area contributed by atoms with E-state index in [2.05, 4.69) is 114 Å². The summed E-state index contributed by atoms with van der Waals surface area (Å²) in [5.74, 6) is 0. The van der Waals surface area contributed by atoms with Crippen LogP contribution in [0.15, 0.2) is 72.8 Å². The van der Waals surface area contributed by atoms with Gasteiger partial charge < -0.3 is 0 Å². The van der Waals surface area contributed by atoms with Crippen molar-refractivity contribution >= 4 is 80.2 Å². The lowest BCUT2D eigenvalue weighted by Gasteiger charge is -2.35. The molecule has 0 unspecified atom stereocenters. The van der Waals surface area contributed by atoms with E-state index in [9.17, 15) is 0 Å². The first-order chi connectivity index (χ1) is 18.1. The molecule has 0 atom stereocenters. The smallest absolute Gasteiger partial charge is 0.0827 e. The topological polar surface area (TPSA) is 0 Å². The highest BCUT2D eigenvalue weighted by Gasteiger charge is 2.41. The number of benzene rings is 5. The van der Waals surface area contributed by atoms with Crippen LogP contribution in [0.25, 0.3) is 10.8 Å². The van der Waals surface area contributed by atoms with Crippen molar-refractivity contribution in [2.45, 2.75) is 41.5 Å². The summed E-state index contributed by atoms with van der Waals surface area (Å²) in [4.78, 5) is 0. The predicted octanol–water partition coefficient (Wildman–Crippen LogP) is 5.34. The Morgan fingerprint density at radius 1 is 0.447 bits per heavy atom. The predicted molar refractivity (Wildman–Crippen MR) is 171 cm³/mol. The molecule has 1 heterocycles. The molecule has 0 N–H and O–H groups in total. The zero-order valence-corrected chi connectivity index (χ0v) is 24.4. The molecule has 5 aromatic carbocycles. The van der Waals surface area contributed by atoms with Crippen LogP contribution in [0.4, 0.5) is 0 Å². The van der Waals surface area contributed by atoms with E-state index in [1.807, 2.05) is 0 Å². The van der Waals surface area contributed by atoms with Crippen LogP contribution in [0.3, 0.4) is 0 Å². The Bertz CT molecular complexity index is 1590. The molecule has 0 saturated carbocycles. The lowest BCUT2D eigenvalue weighted by molar-refractivity contribution is 1.35. The fourth-order valence-electron chi connectivity index (χ4n) is 7.10. The molecule has 38 heavy (non-hydrogen) atoms. The van der Waals surface area contributed by atoms with Crippen molar-refractivity contribution < 1.29 is 0 Å². The van der Waals surface area contributed by atoms with Gasteiger partial charge in [0, 0.05) is 0 Å². The van der Waals surface area contributed by atoms with Gasteiger partial charge in [0.1, 0.15) is 0 Å². The van der Waals surface area contributed by atoms with Gasteiger partial charge >= 0.3 is 0 Å². The zero-order valence-electron chi connectivity index (χ0n) is 22.8. The minimum absolute atomic E-state index is 0.0716. The molecule has 6 rings (SSSR count). The third kappa shape index (κ3) is 4.01. The van der Waals surface area contributed by atoms with Gasteiger partial charge in [0.15, 0.2) is 0 Å². The minimum Gasteiger partial charge on any atom is -0.0827 e. The Morgan fingerprint density at radius 2 is 0.763 bits per heavy atom. The van der Waals surface area contributed by atoms with Crippen molar-refractivity contribution in [2.24, 2.45) is 0 Å². The minimum atomic E-state index is 0.0716. The highest BCUT2D eigenvalue weighted by Crippen LogP contribution is 2.22. The molecular formula is C34H30B2Cl2. The molecule has 0 fully saturated rings. The number of hydrogen-bond donors (Lipinski definition) is 0.